The lowest BCUT2D eigenvalue weighted by atomic mass is 9.47. The van der Waals surface area contributed by atoms with Crippen LogP contribution in [0.15, 0.2) is 11.6 Å². The molecule has 0 saturated heterocycles. The number of aliphatic hydroxyl groups excluding tert-OH is 1. The van der Waals surface area contributed by atoms with E-state index in [1.807, 2.05) is 0 Å². The molecule has 6 heteroatoms. The molecule has 0 heterocycles. The molecule has 1 N–H and O–H groups in total. The largest absolute Gasteiger partial charge is 0.414 e. The molecule has 4 nitrogen and oxygen atoms in total. The minimum Gasteiger partial charge on any atom is -0.414 e. The Kier molecular flexibility index (Phi) is 5.87. The first-order chi connectivity index (χ1) is 14.1. The second-order valence-electron chi connectivity index (χ2n) is 13.3. The van der Waals surface area contributed by atoms with Gasteiger partial charge in [0.15, 0.2) is 22.4 Å². The van der Waals surface area contributed by atoms with E-state index in [1.165, 1.54) is 5.57 Å². The number of rotatable bonds is 4. The highest BCUT2D eigenvalue weighted by molar-refractivity contribution is 6.70. The van der Waals surface area contributed by atoms with Gasteiger partial charge in [0, 0.05) is 11.5 Å². The van der Waals surface area contributed by atoms with Gasteiger partial charge in [-0.05, 0) is 101 Å². The number of carbonyl (C=O) groups is 1. The van der Waals surface area contributed by atoms with Crippen LogP contribution in [0, 0.1) is 28.6 Å². The number of allylic oxidation sites excluding steroid dienone is 1. The summed E-state index contributed by atoms with van der Waals surface area (Å²) in [5, 5.41) is 11.5. The predicted octanol–water partition coefficient (Wildman–Crippen LogP) is 5.54. The number of carbonyl (C=O) groups excluding carboxylic acids is 1. The van der Waals surface area contributed by atoms with Gasteiger partial charge in [0.1, 0.15) is 6.10 Å². The van der Waals surface area contributed by atoms with Gasteiger partial charge in [0.25, 0.3) is 0 Å². The first-order valence-corrected chi connectivity index (χ1v) is 19.2. The molecule has 0 aromatic carbocycles. The minimum absolute atomic E-state index is 0.0315. The maximum absolute atomic E-state index is 13.5. The van der Waals surface area contributed by atoms with Crippen LogP contribution < -0.4 is 0 Å². The molecule has 0 bridgehead atoms. The van der Waals surface area contributed by atoms with E-state index in [0.717, 1.165) is 32.1 Å². The van der Waals surface area contributed by atoms with Crippen molar-refractivity contribution in [3.05, 3.63) is 11.6 Å². The quantitative estimate of drug-likeness (QED) is 0.438. The molecule has 0 spiro atoms. The molecular formula is C25H44O4Si2. The maximum Gasteiger partial charge on any atom is 0.184 e. The zero-order chi connectivity index (χ0) is 23.0. The van der Waals surface area contributed by atoms with Crippen molar-refractivity contribution < 1.29 is 18.8 Å². The second kappa shape index (κ2) is 7.62. The summed E-state index contributed by atoms with van der Waals surface area (Å²) >= 11 is 0. The van der Waals surface area contributed by atoms with Gasteiger partial charge in [0.05, 0.1) is 6.10 Å². The first kappa shape index (κ1) is 23.9. The van der Waals surface area contributed by atoms with Crippen molar-refractivity contribution in [2.45, 2.75) is 110 Å². The molecule has 176 valence electrons. The highest BCUT2D eigenvalue weighted by atomic mass is 28.4. The lowest BCUT2D eigenvalue weighted by Gasteiger charge is -2.58. The average molecular weight is 465 g/mol. The van der Waals surface area contributed by atoms with Crippen LogP contribution in [0.5, 0.6) is 0 Å². The highest BCUT2D eigenvalue weighted by Crippen LogP contribution is 2.64. The fourth-order valence-electron chi connectivity index (χ4n) is 7.66. The van der Waals surface area contributed by atoms with Crippen molar-refractivity contribution in [1.29, 1.82) is 0 Å². The van der Waals surface area contributed by atoms with E-state index in [1.54, 1.807) is 0 Å². The minimum atomic E-state index is -1.80. The molecule has 4 aliphatic carbocycles. The SMILES string of the molecule is CC12CC(O)C3C(CC=C4CC(O[Si](C)(C)C)CCC43C)C1CC(O[Si](C)(C)C)C2=O. The van der Waals surface area contributed by atoms with Gasteiger partial charge in [-0.2, -0.15) is 0 Å². The summed E-state index contributed by atoms with van der Waals surface area (Å²) in [4.78, 5) is 13.5. The Labute approximate surface area is 191 Å². The monoisotopic (exact) mass is 464 g/mol. The van der Waals surface area contributed by atoms with Gasteiger partial charge in [-0.3, -0.25) is 4.79 Å². The van der Waals surface area contributed by atoms with Crippen LogP contribution in [0.3, 0.4) is 0 Å². The third kappa shape index (κ3) is 4.20. The van der Waals surface area contributed by atoms with Crippen molar-refractivity contribution in [1.82, 2.24) is 0 Å². The van der Waals surface area contributed by atoms with Crippen molar-refractivity contribution in [2.75, 3.05) is 0 Å². The van der Waals surface area contributed by atoms with Crippen LogP contribution in [0.1, 0.15) is 52.4 Å². The Morgan fingerprint density at radius 1 is 1.03 bits per heavy atom. The summed E-state index contributed by atoms with van der Waals surface area (Å²) in [6.45, 7) is 17.8. The molecule has 0 aliphatic heterocycles. The highest BCUT2D eigenvalue weighted by Gasteiger charge is 2.64. The third-order valence-electron chi connectivity index (χ3n) is 8.72. The normalized spacial score (nSPS) is 45.6. The summed E-state index contributed by atoms with van der Waals surface area (Å²) < 4.78 is 12.8. The molecule has 3 saturated carbocycles. The van der Waals surface area contributed by atoms with Crippen LogP contribution in [-0.4, -0.2) is 45.8 Å². The molecule has 4 rings (SSSR count). The van der Waals surface area contributed by atoms with Crippen molar-refractivity contribution >= 4 is 22.4 Å². The topological polar surface area (TPSA) is 55.8 Å². The Balaban J connectivity index is 1.61. The Morgan fingerprint density at radius 2 is 1.68 bits per heavy atom. The van der Waals surface area contributed by atoms with Gasteiger partial charge >= 0.3 is 0 Å². The van der Waals surface area contributed by atoms with Gasteiger partial charge in [-0.15, -0.1) is 0 Å². The third-order valence-corrected chi connectivity index (χ3v) is 10.8. The van der Waals surface area contributed by atoms with E-state index < -0.39 is 28.2 Å². The molecule has 0 radical (unpaired) electrons. The number of Topliss-reactive ketones (excluding diaryl/α,β-unsaturated/α-hetero) is 1. The number of hydrogen-bond acceptors (Lipinski definition) is 4. The van der Waals surface area contributed by atoms with Crippen LogP contribution in [0.25, 0.3) is 0 Å². The van der Waals surface area contributed by atoms with Crippen LogP contribution in [0.2, 0.25) is 39.3 Å². The van der Waals surface area contributed by atoms with E-state index in [2.05, 4.69) is 59.2 Å². The maximum atomic E-state index is 13.5. The van der Waals surface area contributed by atoms with Crippen LogP contribution in [-0.2, 0) is 13.6 Å². The molecule has 0 aromatic heterocycles. The molecule has 8 atom stereocenters. The zero-order valence-electron chi connectivity index (χ0n) is 21.0. The molecule has 4 aliphatic rings. The number of hydrogen-bond donors (Lipinski definition) is 1. The smallest absolute Gasteiger partial charge is 0.184 e. The predicted molar refractivity (Wildman–Crippen MR) is 130 cm³/mol. The number of fused-ring (bicyclic) bond motifs is 5. The van der Waals surface area contributed by atoms with E-state index >= 15 is 0 Å². The molecule has 31 heavy (non-hydrogen) atoms. The van der Waals surface area contributed by atoms with Crippen molar-refractivity contribution in [3.8, 4) is 0 Å². The summed E-state index contributed by atoms with van der Waals surface area (Å²) in [7, 11) is -3.36. The molecule has 8 unspecified atom stereocenters. The van der Waals surface area contributed by atoms with Crippen LogP contribution >= 0.6 is 0 Å². The van der Waals surface area contributed by atoms with E-state index in [0.29, 0.717) is 24.4 Å². The fraction of sp³-hybridized carbons (Fsp3) is 0.880. The molecule has 3 fully saturated rings. The van der Waals surface area contributed by atoms with Gasteiger partial charge < -0.3 is 14.0 Å². The lowest BCUT2D eigenvalue weighted by molar-refractivity contribution is -0.147. The Bertz CT molecular complexity index is 766. The van der Waals surface area contributed by atoms with Gasteiger partial charge in [-0.1, -0.05) is 25.5 Å². The van der Waals surface area contributed by atoms with E-state index in [9.17, 15) is 9.90 Å². The van der Waals surface area contributed by atoms with Gasteiger partial charge in [-0.25, -0.2) is 0 Å². The number of aliphatic hydroxyl groups is 1. The number of ketones is 1. The van der Waals surface area contributed by atoms with E-state index in [-0.39, 0.29) is 23.2 Å². The molecular weight excluding hydrogens is 420 g/mol. The fourth-order valence-corrected chi connectivity index (χ4v) is 9.92. The first-order valence-electron chi connectivity index (χ1n) is 12.4. The standard InChI is InChI=1S/C25H44O4Si2/c1-24-12-11-17(28-30(3,4)5)13-16(24)9-10-18-19-14-21(29-31(6,7)8)23(27)25(19,2)15-20(26)22(18)24/h9,17-22,26H,10-15H2,1-8H3. The summed E-state index contributed by atoms with van der Waals surface area (Å²) in [5.41, 5.74) is 1.10. The Hall–Kier alpha value is -0.276. The van der Waals surface area contributed by atoms with Crippen molar-refractivity contribution in [2.24, 2.45) is 28.6 Å². The van der Waals surface area contributed by atoms with E-state index in [4.69, 9.17) is 8.85 Å². The van der Waals surface area contributed by atoms with Gasteiger partial charge in [0.2, 0.25) is 0 Å². The molecule has 0 aromatic rings. The summed E-state index contributed by atoms with van der Waals surface area (Å²) in [5.74, 6) is 1.19. The zero-order valence-corrected chi connectivity index (χ0v) is 23.0. The summed E-state index contributed by atoms with van der Waals surface area (Å²) in [6.07, 6.45) is 7.71. The van der Waals surface area contributed by atoms with Crippen LogP contribution in [0.4, 0.5) is 0 Å². The average Bonchev–Trinajstić information content (AvgIpc) is 2.83. The van der Waals surface area contributed by atoms with Crippen molar-refractivity contribution in [3.63, 3.8) is 0 Å². The Morgan fingerprint density at radius 3 is 2.29 bits per heavy atom. The lowest BCUT2D eigenvalue weighted by Crippen LogP contribution is -2.56. The second-order valence-corrected chi connectivity index (χ2v) is 22.2. The summed E-state index contributed by atoms with van der Waals surface area (Å²) in [6, 6.07) is 0. The molecule has 0 amide bonds.